The molecule has 0 aromatic heterocycles. The van der Waals surface area contributed by atoms with Crippen LogP contribution in [0.5, 0.6) is 5.75 Å². The smallest absolute Gasteiger partial charge is 0.233 e. The van der Waals surface area contributed by atoms with Gasteiger partial charge in [0, 0.05) is 54.5 Å². The maximum atomic E-state index is 13.2. The van der Waals surface area contributed by atoms with Gasteiger partial charge in [0.05, 0.1) is 38.2 Å². The number of anilines is 1. The third kappa shape index (κ3) is 8.69. The second-order valence-corrected chi connectivity index (χ2v) is 15.2. The number of benzene rings is 2. The van der Waals surface area contributed by atoms with Gasteiger partial charge in [0.1, 0.15) is 5.75 Å². The van der Waals surface area contributed by atoms with E-state index in [0.717, 1.165) is 86.6 Å². The van der Waals surface area contributed by atoms with Gasteiger partial charge in [-0.3, -0.25) is 14.4 Å². The van der Waals surface area contributed by atoms with Crippen LogP contribution in [0.15, 0.2) is 53.4 Å². The van der Waals surface area contributed by atoms with Crippen molar-refractivity contribution in [2.24, 2.45) is 23.7 Å². The number of ether oxygens (including phenoxy) is 3. The second-order valence-electron chi connectivity index (χ2n) is 13.9. The summed E-state index contributed by atoms with van der Waals surface area (Å²) in [5.74, 6) is 2.28. The van der Waals surface area contributed by atoms with Crippen LogP contribution in [0.25, 0.3) is 0 Å². The van der Waals surface area contributed by atoms with Crippen LogP contribution in [0.2, 0.25) is 5.02 Å². The maximum absolute atomic E-state index is 13.2. The van der Waals surface area contributed by atoms with E-state index < -0.39 is 0 Å². The van der Waals surface area contributed by atoms with Crippen molar-refractivity contribution >= 4 is 35.1 Å². The maximum Gasteiger partial charge on any atom is 0.233 e. The molecule has 1 saturated heterocycles. The summed E-state index contributed by atoms with van der Waals surface area (Å²) in [5.41, 5.74) is 3.76. The Hall–Kier alpha value is -2.23. The number of rotatable bonds is 7. The van der Waals surface area contributed by atoms with E-state index >= 15 is 0 Å². The first kappa shape index (κ1) is 34.6. The molecule has 2 aromatic rings. The normalized spacial score (nSPS) is 29.5. The molecule has 6 atom stereocenters. The van der Waals surface area contributed by atoms with Crippen molar-refractivity contribution in [3.63, 3.8) is 0 Å². The average molecular weight is 682 g/mol. The van der Waals surface area contributed by atoms with Gasteiger partial charge >= 0.3 is 0 Å². The zero-order valence-corrected chi connectivity index (χ0v) is 29.9. The molecule has 0 spiro atoms. The lowest BCUT2D eigenvalue weighted by Gasteiger charge is -2.44. The van der Waals surface area contributed by atoms with Crippen LogP contribution < -0.4 is 14.4 Å². The Bertz CT molecular complexity index is 1380. The molecule has 256 valence electrons. The number of carbonyl (C=O) groups excluding carboxylic acids is 1. The van der Waals surface area contributed by atoms with Crippen molar-refractivity contribution in [1.29, 1.82) is 0 Å². The zero-order valence-electron chi connectivity index (χ0n) is 28.3. The molecule has 2 bridgehead atoms. The van der Waals surface area contributed by atoms with E-state index in [9.17, 15) is 4.79 Å². The molecule has 6 rings (SSSR count). The molecule has 3 heterocycles. The lowest BCUT2D eigenvalue weighted by atomic mass is 9.70. The van der Waals surface area contributed by atoms with E-state index in [1.54, 1.807) is 0 Å². The summed E-state index contributed by atoms with van der Waals surface area (Å²) in [7, 11) is 0. The van der Waals surface area contributed by atoms with Gasteiger partial charge in [-0.2, -0.15) is 0 Å². The third-order valence-electron chi connectivity index (χ3n) is 10.8. The first-order valence-corrected chi connectivity index (χ1v) is 18.9. The number of morpholine rings is 1. The molecule has 1 saturated carbocycles. The van der Waals surface area contributed by atoms with Crippen LogP contribution in [0, 0.1) is 23.7 Å². The number of hydrogen-bond acceptors (Lipinski definition) is 7. The van der Waals surface area contributed by atoms with Crippen molar-refractivity contribution in [1.82, 2.24) is 9.62 Å². The van der Waals surface area contributed by atoms with E-state index in [0.29, 0.717) is 25.0 Å². The first-order chi connectivity index (χ1) is 22.9. The van der Waals surface area contributed by atoms with E-state index in [4.69, 9.17) is 25.8 Å². The van der Waals surface area contributed by atoms with Gasteiger partial charge in [-0.15, -0.1) is 0 Å². The number of amides is 1. The fraction of sp³-hybridized carbons (Fsp3) is 0.605. The standard InChI is InChI=1S/C38H52ClN3O4S/c1-4-6-28-21-31(39)10-13-33(28)30-24-42-23-29-9-12-34(29)36(45-20-17-41-15-18-44-19-16-41)8-5-7-26(2)27(3)38(43)40-47-32-11-14-37(46-25-30)35(42)22-32/h5,8,10-11,13-14,21-22,26-27,29-30,34,36H,4,6-7,9,12,15-20,23-25H2,1-3H3,(H,40,43)/b8-5+. The molecule has 2 aromatic carbocycles. The molecule has 4 aliphatic rings. The summed E-state index contributed by atoms with van der Waals surface area (Å²) in [5, 5.41) is 0.789. The number of nitrogens with zero attached hydrogens (tertiary/aromatic N) is 2. The van der Waals surface area contributed by atoms with Crippen molar-refractivity contribution in [3.05, 3.63) is 64.7 Å². The van der Waals surface area contributed by atoms with Gasteiger partial charge < -0.3 is 19.1 Å². The minimum atomic E-state index is -0.102. The highest BCUT2D eigenvalue weighted by atomic mass is 35.5. The Morgan fingerprint density at radius 3 is 2.72 bits per heavy atom. The minimum Gasteiger partial charge on any atom is -0.491 e. The average Bonchev–Trinajstić information content (AvgIpc) is 3.24. The molecule has 3 aliphatic heterocycles. The van der Waals surface area contributed by atoms with Crippen LogP contribution in [0.3, 0.4) is 0 Å². The summed E-state index contributed by atoms with van der Waals surface area (Å²) in [6.45, 7) is 14.0. The fourth-order valence-corrected chi connectivity index (χ4v) is 8.36. The zero-order chi connectivity index (χ0) is 32.8. The van der Waals surface area contributed by atoms with E-state index in [1.807, 2.05) is 13.0 Å². The quantitative estimate of drug-likeness (QED) is 0.242. The molecule has 47 heavy (non-hydrogen) atoms. The molecule has 9 heteroatoms. The van der Waals surface area contributed by atoms with Gasteiger partial charge in [-0.25, -0.2) is 0 Å². The molecule has 1 amide bonds. The van der Waals surface area contributed by atoms with Crippen LogP contribution in [-0.4, -0.2) is 76.1 Å². The molecule has 6 unspecified atom stereocenters. The van der Waals surface area contributed by atoms with Gasteiger partial charge in [0.25, 0.3) is 0 Å². The third-order valence-corrected chi connectivity index (χ3v) is 11.8. The van der Waals surface area contributed by atoms with Crippen molar-refractivity contribution in [3.8, 4) is 5.75 Å². The summed E-state index contributed by atoms with van der Waals surface area (Å²) >= 11 is 7.88. The second kappa shape index (κ2) is 16.4. The van der Waals surface area contributed by atoms with Crippen LogP contribution in [-0.2, 0) is 20.7 Å². The van der Waals surface area contributed by atoms with Gasteiger partial charge in [0.2, 0.25) is 5.91 Å². The molecular formula is C38H52ClN3O4S. The fourth-order valence-electron chi connectivity index (χ4n) is 7.45. The topological polar surface area (TPSA) is 63.3 Å². The van der Waals surface area contributed by atoms with Crippen LogP contribution in [0.1, 0.15) is 63.5 Å². The van der Waals surface area contributed by atoms with Gasteiger partial charge in [-0.05, 0) is 96.8 Å². The Morgan fingerprint density at radius 2 is 1.94 bits per heavy atom. The summed E-state index contributed by atoms with van der Waals surface area (Å²) in [6.07, 6.45) is 9.92. The lowest BCUT2D eigenvalue weighted by Crippen LogP contribution is -2.45. The molecule has 0 radical (unpaired) electrons. The first-order valence-electron chi connectivity index (χ1n) is 17.7. The van der Waals surface area contributed by atoms with E-state index in [1.165, 1.54) is 35.9 Å². The summed E-state index contributed by atoms with van der Waals surface area (Å²) < 4.78 is 22.0. The number of aryl methyl sites for hydroxylation is 1. The Kier molecular flexibility index (Phi) is 12.1. The van der Waals surface area contributed by atoms with Gasteiger partial charge in [-0.1, -0.05) is 57.0 Å². The number of nitrogens with one attached hydrogen (secondary N) is 1. The van der Waals surface area contributed by atoms with E-state index in [2.05, 4.69) is 70.9 Å². The molecule has 7 nitrogen and oxygen atoms in total. The predicted octanol–water partition coefficient (Wildman–Crippen LogP) is 7.37. The Labute approximate surface area is 290 Å². The largest absolute Gasteiger partial charge is 0.491 e. The number of fused-ring (bicyclic) bond motifs is 2. The Morgan fingerprint density at radius 1 is 1.09 bits per heavy atom. The predicted molar refractivity (Wildman–Crippen MR) is 192 cm³/mol. The van der Waals surface area contributed by atoms with E-state index in [-0.39, 0.29) is 29.8 Å². The highest BCUT2D eigenvalue weighted by molar-refractivity contribution is 7.98. The summed E-state index contributed by atoms with van der Waals surface area (Å²) in [4.78, 5) is 19.2. The molecule has 1 aliphatic carbocycles. The Balaban J connectivity index is 1.29. The molecule has 1 N–H and O–H groups in total. The number of halogens is 1. The SMILES string of the molecule is CCCc1cc(Cl)ccc1C1COc2ccc3cc2N(C1)CC1CCC1C(OCCN1CCOCC1)/C=C/CC(C)C(C)C(=O)NS3. The van der Waals surface area contributed by atoms with Crippen molar-refractivity contribution < 1.29 is 19.0 Å². The summed E-state index contributed by atoms with van der Waals surface area (Å²) in [6, 6.07) is 12.7. The number of hydrogen-bond donors (Lipinski definition) is 1. The number of allylic oxidation sites excluding steroid dienone is 1. The number of carbonyl (C=O) groups is 1. The van der Waals surface area contributed by atoms with Gasteiger partial charge in [0.15, 0.2) is 0 Å². The van der Waals surface area contributed by atoms with Crippen LogP contribution in [0.4, 0.5) is 5.69 Å². The van der Waals surface area contributed by atoms with Crippen molar-refractivity contribution in [2.75, 3.05) is 64.1 Å². The van der Waals surface area contributed by atoms with Crippen molar-refractivity contribution in [2.45, 2.75) is 69.8 Å². The van der Waals surface area contributed by atoms with Crippen LogP contribution >= 0.6 is 23.5 Å². The lowest BCUT2D eigenvalue weighted by molar-refractivity contribution is -0.123. The minimum absolute atomic E-state index is 0.0619. The molecular weight excluding hydrogens is 630 g/mol. The monoisotopic (exact) mass is 681 g/mol. The highest BCUT2D eigenvalue weighted by Gasteiger charge is 2.39. The molecule has 2 fully saturated rings. The highest BCUT2D eigenvalue weighted by Crippen LogP contribution is 2.44.